The molecular formula is C16H23BrN2OS. The van der Waals surface area contributed by atoms with Gasteiger partial charge in [0.05, 0.1) is 0 Å². The van der Waals surface area contributed by atoms with Crippen LogP contribution in [-0.4, -0.2) is 41.9 Å². The van der Waals surface area contributed by atoms with Crippen LogP contribution in [0.1, 0.15) is 24.8 Å². The fourth-order valence-corrected chi connectivity index (χ4v) is 3.96. The van der Waals surface area contributed by atoms with Crippen LogP contribution in [0.5, 0.6) is 0 Å². The molecule has 0 spiro atoms. The average Bonchev–Trinajstić information content (AvgIpc) is 2.50. The van der Waals surface area contributed by atoms with Crippen LogP contribution >= 0.6 is 27.7 Å². The summed E-state index contributed by atoms with van der Waals surface area (Å²) in [7, 11) is 1.87. The van der Waals surface area contributed by atoms with Crippen LogP contribution in [0.4, 0.5) is 0 Å². The van der Waals surface area contributed by atoms with Gasteiger partial charge >= 0.3 is 0 Å². The predicted molar refractivity (Wildman–Crippen MR) is 93.6 cm³/mol. The third kappa shape index (κ3) is 5.64. The summed E-state index contributed by atoms with van der Waals surface area (Å²) in [6, 6.07) is 8.65. The van der Waals surface area contributed by atoms with Crippen molar-refractivity contribution in [1.82, 2.24) is 10.2 Å². The van der Waals surface area contributed by atoms with E-state index in [9.17, 15) is 4.79 Å². The van der Waals surface area contributed by atoms with Crippen molar-refractivity contribution in [3.63, 3.8) is 0 Å². The van der Waals surface area contributed by atoms with E-state index in [1.165, 1.54) is 24.3 Å². The van der Waals surface area contributed by atoms with Crippen LogP contribution in [-0.2, 0) is 11.3 Å². The fraction of sp³-hybridized carbons (Fsp3) is 0.562. The van der Waals surface area contributed by atoms with Crippen molar-refractivity contribution in [2.24, 2.45) is 0 Å². The topological polar surface area (TPSA) is 32.3 Å². The molecule has 1 aliphatic rings. The minimum Gasteiger partial charge on any atom is -0.341 e. The third-order valence-electron chi connectivity index (χ3n) is 3.78. The van der Waals surface area contributed by atoms with Crippen molar-refractivity contribution in [1.29, 1.82) is 0 Å². The van der Waals surface area contributed by atoms with Gasteiger partial charge in [-0.25, -0.2) is 0 Å². The highest BCUT2D eigenvalue weighted by atomic mass is 79.9. The van der Waals surface area contributed by atoms with E-state index >= 15 is 0 Å². The molecule has 2 rings (SSSR count). The lowest BCUT2D eigenvalue weighted by Crippen LogP contribution is -2.36. The zero-order valence-electron chi connectivity index (χ0n) is 12.5. The highest BCUT2D eigenvalue weighted by Crippen LogP contribution is 2.18. The number of hydrogen-bond acceptors (Lipinski definition) is 3. The molecule has 0 atom stereocenters. The largest absolute Gasteiger partial charge is 0.341 e. The summed E-state index contributed by atoms with van der Waals surface area (Å²) < 4.78 is 1.06. The Morgan fingerprint density at radius 2 is 2.10 bits per heavy atom. The van der Waals surface area contributed by atoms with E-state index in [1.807, 2.05) is 43.1 Å². The monoisotopic (exact) mass is 370 g/mol. The molecule has 0 aromatic heterocycles. The van der Waals surface area contributed by atoms with Gasteiger partial charge in [0.2, 0.25) is 5.91 Å². The van der Waals surface area contributed by atoms with Crippen molar-refractivity contribution in [3.8, 4) is 0 Å². The minimum absolute atomic E-state index is 0.198. The second-order valence-electron chi connectivity index (χ2n) is 5.43. The number of benzene rings is 1. The third-order valence-corrected chi connectivity index (χ3v) is 5.61. The predicted octanol–water partition coefficient (Wildman–Crippen LogP) is 3.28. The second-order valence-corrected chi connectivity index (χ2v) is 7.51. The van der Waals surface area contributed by atoms with Gasteiger partial charge in [0.25, 0.3) is 0 Å². The molecule has 1 aromatic carbocycles. The molecule has 1 aliphatic heterocycles. The number of thioether (sulfide) groups is 1. The summed E-state index contributed by atoms with van der Waals surface area (Å²) >= 11 is 5.55. The molecule has 0 aliphatic carbocycles. The quantitative estimate of drug-likeness (QED) is 0.833. The summed E-state index contributed by atoms with van der Waals surface area (Å²) in [5.41, 5.74) is 1.14. The number of halogens is 1. The Labute approximate surface area is 140 Å². The highest BCUT2D eigenvalue weighted by molar-refractivity contribution is 9.10. The SMILES string of the molecule is CN(Cc1ccccc1Br)C(=O)CCNC1CCSCC1. The molecular weight excluding hydrogens is 348 g/mol. The van der Waals surface area contributed by atoms with Gasteiger partial charge in [0, 0.05) is 37.1 Å². The maximum Gasteiger partial charge on any atom is 0.223 e. The first-order valence-electron chi connectivity index (χ1n) is 7.45. The number of carbonyl (C=O) groups excluding carboxylic acids is 1. The van der Waals surface area contributed by atoms with Crippen LogP contribution in [0.25, 0.3) is 0 Å². The molecule has 1 aromatic rings. The van der Waals surface area contributed by atoms with Crippen molar-refractivity contribution in [3.05, 3.63) is 34.3 Å². The summed E-state index contributed by atoms with van der Waals surface area (Å²) in [6.07, 6.45) is 3.03. The van der Waals surface area contributed by atoms with E-state index in [1.54, 1.807) is 4.90 Å². The Balaban J connectivity index is 1.71. The smallest absolute Gasteiger partial charge is 0.223 e. The maximum absolute atomic E-state index is 12.2. The molecule has 5 heteroatoms. The van der Waals surface area contributed by atoms with Crippen LogP contribution < -0.4 is 5.32 Å². The summed E-state index contributed by atoms with van der Waals surface area (Å²) in [5, 5.41) is 3.51. The van der Waals surface area contributed by atoms with Crippen molar-refractivity contribution < 1.29 is 4.79 Å². The van der Waals surface area contributed by atoms with Crippen LogP contribution in [0, 0.1) is 0 Å². The number of carbonyl (C=O) groups is 1. The zero-order valence-corrected chi connectivity index (χ0v) is 14.9. The van der Waals surface area contributed by atoms with E-state index in [-0.39, 0.29) is 5.91 Å². The minimum atomic E-state index is 0.198. The first-order valence-corrected chi connectivity index (χ1v) is 9.40. The molecule has 1 heterocycles. The van der Waals surface area contributed by atoms with Crippen molar-refractivity contribution in [2.75, 3.05) is 25.1 Å². The van der Waals surface area contributed by atoms with Gasteiger partial charge < -0.3 is 10.2 Å². The van der Waals surface area contributed by atoms with E-state index in [0.29, 0.717) is 19.0 Å². The highest BCUT2D eigenvalue weighted by Gasteiger charge is 2.14. The van der Waals surface area contributed by atoms with E-state index in [0.717, 1.165) is 16.6 Å². The van der Waals surface area contributed by atoms with Crippen molar-refractivity contribution >= 4 is 33.6 Å². The zero-order chi connectivity index (χ0) is 15.1. The van der Waals surface area contributed by atoms with Gasteiger partial charge in [0.1, 0.15) is 0 Å². The van der Waals surface area contributed by atoms with E-state index in [4.69, 9.17) is 0 Å². The molecule has 1 N–H and O–H groups in total. The van der Waals surface area contributed by atoms with Crippen LogP contribution in [0.15, 0.2) is 28.7 Å². The molecule has 1 amide bonds. The molecule has 0 saturated carbocycles. The van der Waals surface area contributed by atoms with Gasteiger partial charge in [-0.3, -0.25) is 4.79 Å². The molecule has 3 nitrogen and oxygen atoms in total. The number of nitrogens with one attached hydrogen (secondary N) is 1. The lowest BCUT2D eigenvalue weighted by molar-refractivity contribution is -0.130. The normalized spacial score (nSPS) is 15.9. The standard InChI is InChI=1S/C16H23BrN2OS/c1-19(12-13-4-2-3-5-15(13)17)16(20)6-9-18-14-7-10-21-11-8-14/h2-5,14,18H,6-12H2,1H3. The van der Waals surface area contributed by atoms with Gasteiger partial charge in [0.15, 0.2) is 0 Å². The van der Waals surface area contributed by atoms with Crippen molar-refractivity contribution in [2.45, 2.75) is 31.8 Å². The second kappa shape index (κ2) is 8.81. The molecule has 21 heavy (non-hydrogen) atoms. The van der Waals surface area contributed by atoms with E-state index < -0.39 is 0 Å². The Bertz CT molecular complexity index is 463. The molecule has 0 bridgehead atoms. The maximum atomic E-state index is 12.2. The fourth-order valence-electron chi connectivity index (χ4n) is 2.45. The molecule has 116 valence electrons. The van der Waals surface area contributed by atoms with Gasteiger partial charge in [-0.2, -0.15) is 11.8 Å². The number of amides is 1. The first-order chi connectivity index (χ1) is 10.2. The Morgan fingerprint density at radius 1 is 1.38 bits per heavy atom. The van der Waals surface area contributed by atoms with E-state index in [2.05, 4.69) is 21.2 Å². The summed E-state index contributed by atoms with van der Waals surface area (Å²) in [4.78, 5) is 14.0. The number of nitrogens with zero attached hydrogens (tertiary/aromatic N) is 1. The van der Waals surface area contributed by atoms with Crippen LogP contribution in [0.2, 0.25) is 0 Å². The Hall–Kier alpha value is -0.520. The average molecular weight is 371 g/mol. The summed E-state index contributed by atoms with van der Waals surface area (Å²) in [5.74, 6) is 2.68. The molecule has 1 saturated heterocycles. The van der Waals surface area contributed by atoms with Gasteiger partial charge in [-0.05, 0) is 36.0 Å². The Morgan fingerprint density at radius 3 is 2.81 bits per heavy atom. The lowest BCUT2D eigenvalue weighted by Gasteiger charge is -2.23. The first kappa shape index (κ1) is 16.8. The summed E-state index contributed by atoms with van der Waals surface area (Å²) in [6.45, 7) is 1.44. The lowest BCUT2D eigenvalue weighted by atomic mass is 10.1. The Kier molecular flexibility index (Phi) is 7.07. The van der Waals surface area contributed by atoms with Crippen LogP contribution in [0.3, 0.4) is 0 Å². The number of hydrogen-bond donors (Lipinski definition) is 1. The molecule has 0 radical (unpaired) electrons. The number of rotatable bonds is 6. The van der Waals surface area contributed by atoms with Gasteiger partial charge in [-0.1, -0.05) is 34.1 Å². The molecule has 1 fully saturated rings. The van der Waals surface area contributed by atoms with Gasteiger partial charge in [-0.15, -0.1) is 0 Å². The molecule has 0 unspecified atom stereocenters.